The number of hydrogen-bond donors (Lipinski definition) is 1. The van der Waals surface area contributed by atoms with Gasteiger partial charge in [0.05, 0.1) is 12.2 Å². The summed E-state index contributed by atoms with van der Waals surface area (Å²) in [5, 5.41) is 4.30. The molecule has 3 heteroatoms. The van der Waals surface area contributed by atoms with Gasteiger partial charge in [0.15, 0.2) is 0 Å². The maximum atomic E-state index is 5.66. The Hall–Kier alpha value is -1.61. The lowest BCUT2D eigenvalue weighted by Gasteiger charge is -2.11. The molecule has 0 atom stereocenters. The zero-order chi connectivity index (χ0) is 11.5. The van der Waals surface area contributed by atoms with E-state index in [-0.39, 0.29) is 0 Å². The van der Waals surface area contributed by atoms with Crippen molar-refractivity contribution in [2.45, 2.75) is 26.9 Å². The van der Waals surface area contributed by atoms with Crippen LogP contribution >= 0.6 is 0 Å². The minimum atomic E-state index is 0.533. The summed E-state index contributed by atoms with van der Waals surface area (Å²) >= 11 is 0. The lowest BCUT2D eigenvalue weighted by molar-refractivity contribution is 0.641. The molecule has 0 saturated carbocycles. The number of hydrogen-bond acceptors (Lipinski definition) is 2. The first-order valence-corrected chi connectivity index (χ1v) is 5.48. The van der Waals surface area contributed by atoms with Crippen LogP contribution in [-0.2, 0) is 13.1 Å². The molecule has 0 aliphatic heterocycles. The molecular weight excluding hydrogens is 198 g/mol. The van der Waals surface area contributed by atoms with Crippen molar-refractivity contribution < 1.29 is 0 Å². The van der Waals surface area contributed by atoms with Gasteiger partial charge in [0.25, 0.3) is 0 Å². The van der Waals surface area contributed by atoms with Crippen LogP contribution in [0.4, 0.5) is 0 Å². The van der Waals surface area contributed by atoms with Crippen LogP contribution in [0.25, 0.3) is 0 Å². The van der Waals surface area contributed by atoms with Crippen molar-refractivity contribution in [2.75, 3.05) is 0 Å². The summed E-state index contributed by atoms with van der Waals surface area (Å²) in [5.74, 6) is 0. The monoisotopic (exact) mass is 215 g/mol. The van der Waals surface area contributed by atoms with Crippen LogP contribution in [0.3, 0.4) is 0 Å². The van der Waals surface area contributed by atoms with E-state index in [9.17, 15) is 0 Å². The second kappa shape index (κ2) is 4.49. The lowest BCUT2D eigenvalue weighted by atomic mass is 10.0. The van der Waals surface area contributed by atoms with Gasteiger partial charge >= 0.3 is 0 Å². The van der Waals surface area contributed by atoms with Crippen LogP contribution in [0.5, 0.6) is 0 Å². The molecule has 1 heterocycles. The zero-order valence-corrected chi connectivity index (χ0v) is 9.77. The molecule has 0 unspecified atom stereocenters. The van der Waals surface area contributed by atoms with Gasteiger partial charge in [-0.15, -0.1) is 0 Å². The third-order valence-electron chi connectivity index (χ3n) is 2.97. The first-order valence-electron chi connectivity index (χ1n) is 5.48. The summed E-state index contributed by atoms with van der Waals surface area (Å²) in [6.07, 6.45) is 1.80. The third kappa shape index (κ3) is 1.99. The zero-order valence-electron chi connectivity index (χ0n) is 9.77. The maximum Gasteiger partial charge on any atom is 0.0668 e. The Morgan fingerprint density at radius 2 is 1.88 bits per heavy atom. The topological polar surface area (TPSA) is 43.8 Å². The van der Waals surface area contributed by atoms with Crippen LogP contribution < -0.4 is 5.73 Å². The Morgan fingerprint density at radius 1 is 1.19 bits per heavy atom. The van der Waals surface area contributed by atoms with Gasteiger partial charge in [-0.05, 0) is 36.6 Å². The molecule has 2 N–H and O–H groups in total. The van der Waals surface area contributed by atoms with Crippen molar-refractivity contribution in [2.24, 2.45) is 5.73 Å². The number of benzene rings is 1. The highest BCUT2D eigenvalue weighted by Crippen LogP contribution is 2.15. The summed E-state index contributed by atoms with van der Waals surface area (Å²) in [6.45, 7) is 5.60. The molecular formula is C13H17N3. The molecule has 0 fully saturated rings. The number of rotatable bonds is 3. The standard InChI is InChI=1S/C13H17N3/c1-10-4-3-5-11(2)13(10)9-16-12(8-14)6-7-15-16/h3-7H,8-9,14H2,1-2H3. The summed E-state index contributed by atoms with van der Waals surface area (Å²) in [4.78, 5) is 0. The summed E-state index contributed by atoms with van der Waals surface area (Å²) in [6, 6.07) is 8.32. The van der Waals surface area contributed by atoms with E-state index in [1.54, 1.807) is 6.20 Å². The Bertz CT molecular complexity index is 465. The van der Waals surface area contributed by atoms with Gasteiger partial charge in [0.1, 0.15) is 0 Å². The van der Waals surface area contributed by atoms with Gasteiger partial charge in [-0.25, -0.2) is 0 Å². The molecule has 2 aromatic rings. The minimum Gasteiger partial charge on any atom is -0.325 e. The minimum absolute atomic E-state index is 0.533. The van der Waals surface area contributed by atoms with Crippen LogP contribution in [0, 0.1) is 13.8 Å². The third-order valence-corrected chi connectivity index (χ3v) is 2.97. The Balaban J connectivity index is 2.34. The molecule has 0 aliphatic carbocycles. The highest BCUT2D eigenvalue weighted by molar-refractivity contribution is 5.33. The van der Waals surface area contributed by atoms with Crippen molar-refractivity contribution in [3.05, 3.63) is 52.8 Å². The molecule has 0 amide bonds. The predicted molar refractivity (Wildman–Crippen MR) is 65.1 cm³/mol. The van der Waals surface area contributed by atoms with Gasteiger partial charge in [-0.1, -0.05) is 18.2 Å². The highest BCUT2D eigenvalue weighted by atomic mass is 15.3. The van der Waals surface area contributed by atoms with E-state index < -0.39 is 0 Å². The van der Waals surface area contributed by atoms with Gasteiger partial charge in [-0.2, -0.15) is 5.10 Å². The fourth-order valence-corrected chi connectivity index (χ4v) is 1.92. The largest absolute Gasteiger partial charge is 0.325 e. The molecule has 0 saturated heterocycles. The average molecular weight is 215 g/mol. The first-order chi connectivity index (χ1) is 7.72. The van der Waals surface area contributed by atoms with Crippen LogP contribution in [0.15, 0.2) is 30.5 Å². The smallest absolute Gasteiger partial charge is 0.0668 e. The SMILES string of the molecule is Cc1cccc(C)c1Cn1nccc1CN. The molecule has 0 bridgehead atoms. The van der Waals surface area contributed by atoms with E-state index >= 15 is 0 Å². The molecule has 2 rings (SSSR count). The lowest BCUT2D eigenvalue weighted by Crippen LogP contribution is -2.11. The number of nitrogens with zero attached hydrogens (tertiary/aromatic N) is 2. The van der Waals surface area contributed by atoms with E-state index in [2.05, 4.69) is 37.1 Å². The first kappa shape index (κ1) is 10.9. The second-order valence-electron chi connectivity index (χ2n) is 4.05. The van der Waals surface area contributed by atoms with E-state index in [1.165, 1.54) is 16.7 Å². The van der Waals surface area contributed by atoms with Crippen molar-refractivity contribution in [1.82, 2.24) is 9.78 Å². The highest BCUT2D eigenvalue weighted by Gasteiger charge is 2.06. The molecule has 0 spiro atoms. The maximum absolute atomic E-state index is 5.66. The summed E-state index contributed by atoms with van der Waals surface area (Å²) in [5.41, 5.74) is 10.7. The van der Waals surface area contributed by atoms with Crippen LogP contribution in [0.1, 0.15) is 22.4 Å². The predicted octanol–water partition coefficient (Wildman–Crippen LogP) is 2.01. The second-order valence-corrected chi connectivity index (χ2v) is 4.05. The molecule has 1 aromatic heterocycles. The normalized spacial score (nSPS) is 10.7. The molecule has 1 aromatic carbocycles. The van der Waals surface area contributed by atoms with Crippen LogP contribution in [-0.4, -0.2) is 9.78 Å². The number of nitrogens with two attached hydrogens (primary N) is 1. The average Bonchev–Trinajstić information content (AvgIpc) is 2.71. The summed E-state index contributed by atoms with van der Waals surface area (Å²) < 4.78 is 1.97. The van der Waals surface area contributed by atoms with Gasteiger partial charge in [0, 0.05) is 12.7 Å². The Kier molecular flexibility index (Phi) is 3.06. The van der Waals surface area contributed by atoms with Crippen molar-refractivity contribution in [3.8, 4) is 0 Å². The number of aryl methyl sites for hydroxylation is 2. The molecule has 84 valence electrons. The van der Waals surface area contributed by atoms with E-state index in [0.29, 0.717) is 6.54 Å². The Morgan fingerprint density at radius 3 is 2.50 bits per heavy atom. The van der Waals surface area contributed by atoms with Crippen LogP contribution in [0.2, 0.25) is 0 Å². The molecule has 0 aliphatic rings. The Labute approximate surface area is 95.9 Å². The van der Waals surface area contributed by atoms with Gasteiger partial charge < -0.3 is 5.73 Å². The van der Waals surface area contributed by atoms with Crippen molar-refractivity contribution in [1.29, 1.82) is 0 Å². The molecule has 16 heavy (non-hydrogen) atoms. The van der Waals surface area contributed by atoms with Crippen molar-refractivity contribution in [3.63, 3.8) is 0 Å². The summed E-state index contributed by atoms with van der Waals surface area (Å²) in [7, 11) is 0. The number of aromatic nitrogens is 2. The fraction of sp³-hybridized carbons (Fsp3) is 0.308. The quantitative estimate of drug-likeness (QED) is 0.851. The molecule has 0 radical (unpaired) electrons. The van der Waals surface area contributed by atoms with Gasteiger partial charge in [0.2, 0.25) is 0 Å². The molecule has 3 nitrogen and oxygen atoms in total. The van der Waals surface area contributed by atoms with E-state index in [0.717, 1.165) is 12.2 Å². The van der Waals surface area contributed by atoms with E-state index in [4.69, 9.17) is 5.73 Å². The van der Waals surface area contributed by atoms with E-state index in [1.807, 2.05) is 10.7 Å². The van der Waals surface area contributed by atoms with Crippen molar-refractivity contribution >= 4 is 0 Å². The van der Waals surface area contributed by atoms with Gasteiger partial charge in [-0.3, -0.25) is 4.68 Å². The fourth-order valence-electron chi connectivity index (χ4n) is 1.92.